The lowest BCUT2D eigenvalue weighted by Gasteiger charge is -2.22. The minimum absolute atomic E-state index is 0.193. The van der Waals surface area contributed by atoms with Gasteiger partial charge in [-0.25, -0.2) is 17.8 Å². The van der Waals surface area contributed by atoms with E-state index in [2.05, 4.69) is 20.9 Å². The highest BCUT2D eigenvalue weighted by Crippen LogP contribution is 2.58. The van der Waals surface area contributed by atoms with Gasteiger partial charge in [-0.2, -0.15) is 0 Å². The van der Waals surface area contributed by atoms with Crippen LogP contribution in [0.5, 0.6) is 0 Å². The minimum atomic E-state index is -3.74. The molecule has 2 heterocycles. The van der Waals surface area contributed by atoms with Crippen LogP contribution < -0.4 is 4.31 Å². The standard InChI is InChI=1S/C17H16BrFN2O2S/c1-10-6-15(18)20-8-14(10)24(22,23)21-9-17(3-4-17)13-7-12(19)5-11(2)16(13)21/h5-8H,3-4,9H2,1-2H3. The summed E-state index contributed by atoms with van der Waals surface area (Å²) in [5.74, 6) is -0.307. The number of fused-ring (bicyclic) bond motifs is 2. The Kier molecular flexibility index (Phi) is 3.35. The van der Waals surface area contributed by atoms with Crippen LogP contribution in [-0.2, 0) is 15.4 Å². The van der Waals surface area contributed by atoms with E-state index in [-0.39, 0.29) is 16.1 Å². The van der Waals surface area contributed by atoms with Crippen molar-refractivity contribution in [3.05, 3.63) is 51.5 Å². The maximum absolute atomic E-state index is 13.9. The summed E-state index contributed by atoms with van der Waals surface area (Å²) < 4.78 is 42.4. The molecule has 2 aliphatic rings. The highest BCUT2D eigenvalue weighted by Gasteiger charge is 2.55. The number of hydrogen-bond donors (Lipinski definition) is 0. The lowest BCUT2D eigenvalue weighted by molar-refractivity contribution is 0.587. The average Bonchev–Trinajstić information content (AvgIpc) is 3.17. The Morgan fingerprint density at radius 2 is 1.92 bits per heavy atom. The summed E-state index contributed by atoms with van der Waals surface area (Å²) in [6.45, 7) is 3.89. The van der Waals surface area contributed by atoms with Gasteiger partial charge in [0.25, 0.3) is 10.0 Å². The molecule has 0 bridgehead atoms. The van der Waals surface area contributed by atoms with Crippen molar-refractivity contribution < 1.29 is 12.8 Å². The van der Waals surface area contributed by atoms with Crippen molar-refractivity contribution >= 4 is 31.6 Å². The number of aromatic nitrogens is 1. The van der Waals surface area contributed by atoms with Crippen molar-refractivity contribution in [2.75, 3.05) is 10.8 Å². The second kappa shape index (κ2) is 5.02. The van der Waals surface area contributed by atoms with Crippen molar-refractivity contribution in [2.24, 2.45) is 0 Å². The number of hydrogen-bond acceptors (Lipinski definition) is 3. The molecule has 1 aromatic carbocycles. The average molecular weight is 411 g/mol. The molecule has 4 rings (SSSR count). The molecule has 7 heteroatoms. The van der Waals surface area contributed by atoms with E-state index in [1.54, 1.807) is 19.9 Å². The fourth-order valence-corrected chi connectivity index (χ4v) is 5.83. The molecule has 0 unspecified atom stereocenters. The molecule has 0 N–H and O–H groups in total. The normalized spacial score (nSPS) is 18.1. The molecule has 1 aliphatic carbocycles. The van der Waals surface area contributed by atoms with E-state index < -0.39 is 10.0 Å². The van der Waals surface area contributed by atoms with Crippen LogP contribution in [0.2, 0.25) is 0 Å². The summed E-state index contributed by atoms with van der Waals surface area (Å²) in [7, 11) is -3.74. The van der Waals surface area contributed by atoms with Crippen LogP contribution in [0, 0.1) is 19.7 Å². The van der Waals surface area contributed by atoms with E-state index >= 15 is 0 Å². The summed E-state index contributed by atoms with van der Waals surface area (Å²) in [5.41, 5.74) is 2.53. The molecule has 4 nitrogen and oxygen atoms in total. The summed E-state index contributed by atoms with van der Waals surface area (Å²) in [4.78, 5) is 4.27. The minimum Gasteiger partial charge on any atom is -0.265 e. The zero-order chi connectivity index (χ0) is 17.3. The quantitative estimate of drug-likeness (QED) is 0.706. The van der Waals surface area contributed by atoms with E-state index in [9.17, 15) is 12.8 Å². The zero-order valence-corrected chi connectivity index (χ0v) is 15.7. The van der Waals surface area contributed by atoms with Gasteiger partial charge in [0.05, 0.1) is 5.69 Å². The van der Waals surface area contributed by atoms with Crippen LogP contribution in [0.15, 0.2) is 33.9 Å². The third kappa shape index (κ3) is 2.21. The summed E-state index contributed by atoms with van der Waals surface area (Å²) in [6, 6.07) is 4.58. The topological polar surface area (TPSA) is 50.3 Å². The number of nitrogens with zero attached hydrogens (tertiary/aromatic N) is 2. The van der Waals surface area contributed by atoms with E-state index in [4.69, 9.17) is 0 Å². The van der Waals surface area contributed by atoms with Crippen molar-refractivity contribution in [3.8, 4) is 0 Å². The van der Waals surface area contributed by atoms with E-state index in [0.29, 0.717) is 28.0 Å². The van der Waals surface area contributed by atoms with Crippen molar-refractivity contribution in [1.29, 1.82) is 0 Å². The van der Waals surface area contributed by atoms with E-state index in [0.717, 1.165) is 18.4 Å². The van der Waals surface area contributed by atoms with Crippen LogP contribution in [-0.4, -0.2) is 19.9 Å². The molecule has 0 amide bonds. The molecule has 1 aliphatic heterocycles. The Balaban J connectivity index is 1.90. The van der Waals surface area contributed by atoms with Crippen LogP contribution in [0.25, 0.3) is 0 Å². The van der Waals surface area contributed by atoms with E-state index in [1.807, 2.05) is 0 Å². The second-order valence-electron chi connectivity index (χ2n) is 6.68. The first-order valence-electron chi connectivity index (χ1n) is 7.70. The molecule has 1 saturated carbocycles. The maximum Gasteiger partial charge on any atom is 0.266 e. The van der Waals surface area contributed by atoms with Gasteiger partial charge in [0.15, 0.2) is 0 Å². The Morgan fingerprint density at radius 3 is 2.54 bits per heavy atom. The van der Waals surface area contributed by atoms with Gasteiger partial charge in [-0.05, 0) is 77.5 Å². The Bertz CT molecular complexity index is 971. The fourth-order valence-electron chi connectivity index (χ4n) is 3.59. The maximum atomic E-state index is 13.9. The van der Waals surface area contributed by atoms with Crippen LogP contribution in [0.4, 0.5) is 10.1 Å². The Hall–Kier alpha value is -1.47. The molecule has 1 fully saturated rings. The van der Waals surface area contributed by atoms with Gasteiger partial charge in [-0.3, -0.25) is 4.31 Å². The first-order valence-corrected chi connectivity index (χ1v) is 9.93. The van der Waals surface area contributed by atoms with Gasteiger partial charge >= 0.3 is 0 Å². The van der Waals surface area contributed by atoms with Gasteiger partial charge in [0.1, 0.15) is 15.3 Å². The molecular weight excluding hydrogens is 395 g/mol. The smallest absolute Gasteiger partial charge is 0.265 e. The van der Waals surface area contributed by atoms with Crippen molar-refractivity contribution in [2.45, 2.75) is 37.0 Å². The highest BCUT2D eigenvalue weighted by atomic mass is 79.9. The number of rotatable bonds is 2. The van der Waals surface area contributed by atoms with Crippen LogP contribution >= 0.6 is 15.9 Å². The van der Waals surface area contributed by atoms with E-state index in [1.165, 1.54) is 22.6 Å². The monoisotopic (exact) mass is 410 g/mol. The Labute approximate surface area is 148 Å². The van der Waals surface area contributed by atoms with Gasteiger partial charge < -0.3 is 0 Å². The number of benzene rings is 1. The molecule has 1 spiro atoms. The van der Waals surface area contributed by atoms with Crippen LogP contribution in [0.1, 0.15) is 29.5 Å². The second-order valence-corrected chi connectivity index (χ2v) is 9.33. The summed E-state index contributed by atoms with van der Waals surface area (Å²) in [5, 5.41) is 0. The molecule has 24 heavy (non-hydrogen) atoms. The molecule has 1 aromatic heterocycles. The molecule has 2 aromatic rings. The highest BCUT2D eigenvalue weighted by molar-refractivity contribution is 9.10. The van der Waals surface area contributed by atoms with Crippen molar-refractivity contribution in [1.82, 2.24) is 4.98 Å². The number of halogens is 2. The summed E-state index contributed by atoms with van der Waals surface area (Å²) in [6.07, 6.45) is 3.17. The molecule has 126 valence electrons. The lowest BCUT2D eigenvalue weighted by Crippen LogP contribution is -2.32. The van der Waals surface area contributed by atoms with Gasteiger partial charge in [-0.15, -0.1) is 0 Å². The third-order valence-electron chi connectivity index (χ3n) is 4.98. The number of sulfonamides is 1. The van der Waals surface area contributed by atoms with Gasteiger partial charge in [0, 0.05) is 18.2 Å². The molecule has 0 radical (unpaired) electrons. The number of aryl methyl sites for hydroxylation is 2. The third-order valence-corrected chi connectivity index (χ3v) is 7.29. The largest absolute Gasteiger partial charge is 0.266 e. The predicted molar refractivity (Wildman–Crippen MR) is 93.3 cm³/mol. The predicted octanol–water partition coefficient (Wildman–Crippen LogP) is 3.84. The van der Waals surface area contributed by atoms with Crippen molar-refractivity contribution in [3.63, 3.8) is 0 Å². The molecule has 0 atom stereocenters. The van der Waals surface area contributed by atoms with Gasteiger partial charge in [0.2, 0.25) is 0 Å². The summed E-state index contributed by atoms with van der Waals surface area (Å²) >= 11 is 3.26. The molecular formula is C17H16BrFN2O2S. The SMILES string of the molecule is Cc1cc(Br)ncc1S(=O)(=O)N1CC2(CC2)c2cc(F)cc(C)c21. The fraction of sp³-hybridized carbons (Fsp3) is 0.353. The number of anilines is 1. The first-order chi connectivity index (χ1) is 11.2. The molecule has 0 saturated heterocycles. The number of pyridine rings is 1. The Morgan fingerprint density at radius 1 is 1.21 bits per heavy atom. The lowest BCUT2D eigenvalue weighted by atomic mass is 9.97. The van der Waals surface area contributed by atoms with Crippen LogP contribution in [0.3, 0.4) is 0 Å². The van der Waals surface area contributed by atoms with Gasteiger partial charge in [-0.1, -0.05) is 0 Å². The first kappa shape index (κ1) is 16.0. The zero-order valence-electron chi connectivity index (χ0n) is 13.3.